The van der Waals surface area contributed by atoms with E-state index < -0.39 is 24.0 Å². The van der Waals surface area contributed by atoms with Gasteiger partial charge in [-0.15, -0.1) is 0 Å². The number of phenols is 1. The zero-order chi connectivity index (χ0) is 21.7. The van der Waals surface area contributed by atoms with Crippen LogP contribution in [0.25, 0.3) is 0 Å². The maximum atomic E-state index is 13.5. The van der Waals surface area contributed by atoms with Crippen molar-refractivity contribution in [1.82, 2.24) is 0 Å². The number of rotatable bonds is 3. The van der Waals surface area contributed by atoms with Crippen molar-refractivity contribution < 1.29 is 19.5 Å². The zero-order valence-corrected chi connectivity index (χ0v) is 18.3. The van der Waals surface area contributed by atoms with Crippen LogP contribution in [0.1, 0.15) is 11.6 Å². The number of carbonyl (C=O) groups is 2. The number of amides is 2. The van der Waals surface area contributed by atoms with Gasteiger partial charge in [-0.1, -0.05) is 45.7 Å². The fourth-order valence-electron chi connectivity index (χ4n) is 4.14. The lowest BCUT2D eigenvalue weighted by atomic mass is 9.90. The summed E-state index contributed by atoms with van der Waals surface area (Å²) in [4.78, 5) is 33.9. The highest BCUT2D eigenvalue weighted by molar-refractivity contribution is 9.10. The van der Waals surface area contributed by atoms with Crippen LogP contribution in [-0.4, -0.2) is 23.0 Å². The molecule has 0 unspecified atom stereocenters. The molecule has 0 saturated carbocycles. The molecule has 3 aromatic carbocycles. The number of anilines is 2. The minimum Gasteiger partial charge on any atom is -0.508 e. The minimum atomic E-state index is -1.01. The predicted molar refractivity (Wildman–Crippen MR) is 120 cm³/mol. The molecule has 0 spiro atoms. The van der Waals surface area contributed by atoms with Crippen molar-refractivity contribution in [3.05, 3.63) is 87.9 Å². The van der Waals surface area contributed by atoms with Crippen molar-refractivity contribution in [2.45, 2.75) is 12.1 Å². The summed E-state index contributed by atoms with van der Waals surface area (Å²) in [6.45, 7) is 0. The van der Waals surface area contributed by atoms with Crippen LogP contribution in [0.5, 0.6) is 5.75 Å². The molecule has 2 aliphatic heterocycles. The first-order valence-electron chi connectivity index (χ1n) is 9.58. The topological polar surface area (TPSA) is 70.1 Å². The summed E-state index contributed by atoms with van der Waals surface area (Å²) in [5.74, 6) is -1.63. The second kappa shape index (κ2) is 7.67. The SMILES string of the molecule is O=C1[C@@H]2[C@H](ON(c3ccc(Cl)cc3)[C@H]2c2cc(Br)ccc2O)C(=O)N1c1ccccc1. The van der Waals surface area contributed by atoms with Crippen molar-refractivity contribution in [3.8, 4) is 5.75 Å². The highest BCUT2D eigenvalue weighted by Crippen LogP contribution is 2.49. The van der Waals surface area contributed by atoms with Crippen LogP contribution in [0.2, 0.25) is 5.02 Å². The summed E-state index contributed by atoms with van der Waals surface area (Å²) >= 11 is 9.45. The van der Waals surface area contributed by atoms with Gasteiger partial charge in [-0.05, 0) is 54.6 Å². The molecule has 0 aliphatic carbocycles. The van der Waals surface area contributed by atoms with Gasteiger partial charge in [0.1, 0.15) is 11.7 Å². The van der Waals surface area contributed by atoms with E-state index in [2.05, 4.69) is 15.9 Å². The van der Waals surface area contributed by atoms with Crippen molar-refractivity contribution in [2.24, 2.45) is 5.92 Å². The molecule has 0 radical (unpaired) electrons. The Morgan fingerprint density at radius 1 is 0.903 bits per heavy atom. The van der Waals surface area contributed by atoms with E-state index >= 15 is 0 Å². The van der Waals surface area contributed by atoms with Gasteiger partial charge in [0.2, 0.25) is 5.91 Å². The lowest BCUT2D eigenvalue weighted by Crippen LogP contribution is -2.37. The third-order valence-corrected chi connectivity index (χ3v) is 6.26. The normalized spacial score (nSPS) is 22.8. The molecule has 3 atom stereocenters. The Hall–Kier alpha value is -2.87. The van der Waals surface area contributed by atoms with Crippen molar-refractivity contribution in [3.63, 3.8) is 0 Å². The number of benzene rings is 3. The van der Waals surface area contributed by atoms with Gasteiger partial charge < -0.3 is 5.11 Å². The fraction of sp³-hybridized carbons (Fsp3) is 0.130. The van der Waals surface area contributed by atoms with Crippen molar-refractivity contribution in [1.29, 1.82) is 0 Å². The number of hydrogen-bond acceptors (Lipinski definition) is 5. The molecular formula is C23H16BrClN2O4. The third-order valence-electron chi connectivity index (χ3n) is 5.52. The Kier molecular flexibility index (Phi) is 4.97. The molecule has 2 saturated heterocycles. The monoisotopic (exact) mass is 498 g/mol. The van der Waals surface area contributed by atoms with Crippen LogP contribution in [0.4, 0.5) is 11.4 Å². The predicted octanol–water partition coefficient (Wildman–Crippen LogP) is 4.86. The molecule has 2 heterocycles. The molecule has 31 heavy (non-hydrogen) atoms. The maximum absolute atomic E-state index is 13.5. The molecule has 8 heteroatoms. The number of phenolic OH excluding ortho intramolecular Hbond substituents is 1. The van der Waals surface area contributed by atoms with Crippen molar-refractivity contribution in [2.75, 3.05) is 9.96 Å². The Morgan fingerprint density at radius 2 is 1.61 bits per heavy atom. The largest absolute Gasteiger partial charge is 0.508 e. The molecule has 2 aliphatic rings. The first kappa shape index (κ1) is 20.1. The number of fused-ring (bicyclic) bond motifs is 1. The first-order chi connectivity index (χ1) is 15.0. The first-order valence-corrected chi connectivity index (χ1v) is 10.8. The summed E-state index contributed by atoms with van der Waals surface area (Å²) in [6.07, 6.45) is -1.01. The van der Waals surface area contributed by atoms with Crippen LogP contribution in [-0.2, 0) is 14.4 Å². The van der Waals surface area contributed by atoms with Gasteiger partial charge >= 0.3 is 0 Å². The highest BCUT2D eigenvalue weighted by Gasteiger charge is 2.60. The highest BCUT2D eigenvalue weighted by atomic mass is 79.9. The van der Waals surface area contributed by atoms with E-state index in [1.165, 1.54) is 5.06 Å². The van der Waals surface area contributed by atoms with Crippen LogP contribution < -0.4 is 9.96 Å². The van der Waals surface area contributed by atoms with Gasteiger partial charge in [0.05, 0.1) is 17.4 Å². The zero-order valence-electron chi connectivity index (χ0n) is 16.0. The average Bonchev–Trinajstić information content (AvgIpc) is 3.27. The number of halogens is 2. The lowest BCUT2D eigenvalue weighted by molar-refractivity contribution is -0.126. The fourth-order valence-corrected chi connectivity index (χ4v) is 4.64. The standard InChI is InChI=1S/C23H16BrClN2O4/c24-13-6-11-18(28)17(12-13)20-19-21(31-27(20)16-9-7-14(25)8-10-16)23(30)26(22(19)29)15-4-2-1-3-5-15/h1-12,19-21,28H/t19-,20-,21-/m0/s1. The van der Waals surface area contributed by atoms with E-state index in [9.17, 15) is 14.7 Å². The molecular weight excluding hydrogens is 484 g/mol. The molecule has 156 valence electrons. The molecule has 0 aromatic heterocycles. The Balaban J connectivity index is 1.63. The number of hydroxylamine groups is 1. The molecule has 2 fully saturated rings. The Labute approximate surface area is 191 Å². The molecule has 6 nitrogen and oxygen atoms in total. The van der Waals surface area contributed by atoms with E-state index in [0.29, 0.717) is 22.0 Å². The number of aromatic hydroxyl groups is 1. The summed E-state index contributed by atoms with van der Waals surface area (Å²) in [5.41, 5.74) is 1.59. The third kappa shape index (κ3) is 3.29. The average molecular weight is 500 g/mol. The quantitative estimate of drug-likeness (QED) is 0.521. The number of hydrogen-bond donors (Lipinski definition) is 1. The van der Waals surface area contributed by atoms with Crippen LogP contribution in [0.3, 0.4) is 0 Å². The summed E-state index contributed by atoms with van der Waals surface area (Å²) in [7, 11) is 0. The number of imide groups is 1. The summed E-state index contributed by atoms with van der Waals surface area (Å²) < 4.78 is 0.733. The number of nitrogens with zero attached hydrogens (tertiary/aromatic N) is 2. The summed E-state index contributed by atoms with van der Waals surface area (Å²) in [6, 6.07) is 19.9. The van der Waals surface area contributed by atoms with Gasteiger partial charge in [0.15, 0.2) is 6.10 Å². The van der Waals surface area contributed by atoms with Crippen LogP contribution in [0.15, 0.2) is 77.3 Å². The van der Waals surface area contributed by atoms with Crippen LogP contribution >= 0.6 is 27.5 Å². The maximum Gasteiger partial charge on any atom is 0.266 e. The van der Waals surface area contributed by atoms with Crippen molar-refractivity contribution >= 4 is 50.7 Å². The van der Waals surface area contributed by atoms with Crippen LogP contribution in [0, 0.1) is 5.92 Å². The molecule has 0 bridgehead atoms. The summed E-state index contributed by atoms with van der Waals surface area (Å²) in [5, 5.41) is 12.7. The minimum absolute atomic E-state index is 0.00910. The second-order valence-electron chi connectivity index (χ2n) is 7.35. The van der Waals surface area contributed by atoms with Gasteiger partial charge in [-0.3, -0.25) is 14.4 Å². The molecule has 1 N–H and O–H groups in total. The Bertz CT molecular complexity index is 1170. The lowest BCUT2D eigenvalue weighted by Gasteiger charge is -2.29. The number of carbonyl (C=O) groups excluding carboxylic acids is 2. The van der Waals surface area contributed by atoms with E-state index in [-0.39, 0.29) is 11.7 Å². The van der Waals surface area contributed by atoms with Gasteiger partial charge in [-0.2, -0.15) is 0 Å². The number of para-hydroxylation sites is 1. The molecule has 5 rings (SSSR count). The van der Waals surface area contributed by atoms with Gasteiger partial charge in [-0.25, -0.2) is 9.96 Å². The molecule has 3 aromatic rings. The van der Waals surface area contributed by atoms with E-state index in [1.807, 2.05) is 6.07 Å². The van der Waals surface area contributed by atoms with E-state index in [1.54, 1.807) is 66.7 Å². The van der Waals surface area contributed by atoms with E-state index in [4.69, 9.17) is 16.4 Å². The van der Waals surface area contributed by atoms with Gasteiger partial charge in [0, 0.05) is 15.1 Å². The Morgan fingerprint density at radius 3 is 2.32 bits per heavy atom. The second-order valence-corrected chi connectivity index (χ2v) is 8.70. The molecule has 2 amide bonds. The van der Waals surface area contributed by atoms with E-state index in [0.717, 1.165) is 9.37 Å². The smallest absolute Gasteiger partial charge is 0.266 e. The van der Waals surface area contributed by atoms with Gasteiger partial charge in [0.25, 0.3) is 5.91 Å².